The molecule has 1 aromatic rings. The number of hydrogen-bond acceptors (Lipinski definition) is 1. The van der Waals surface area contributed by atoms with Gasteiger partial charge in [-0.15, -0.1) is 0 Å². The molecule has 0 amide bonds. The number of hydrogen-bond donors (Lipinski definition) is 0. The molecule has 0 bridgehead atoms. The van der Waals surface area contributed by atoms with Crippen LogP contribution in [0, 0.1) is 0 Å². The predicted octanol–water partition coefficient (Wildman–Crippen LogP) is 1.41. The molecule has 2 aliphatic rings. The van der Waals surface area contributed by atoms with Crippen LogP contribution in [0.3, 0.4) is 0 Å². The van der Waals surface area contributed by atoms with Gasteiger partial charge in [-0.3, -0.25) is 4.99 Å². The maximum absolute atomic E-state index is 4.74. The first-order valence-corrected chi connectivity index (χ1v) is 5.11. The summed E-state index contributed by atoms with van der Waals surface area (Å²) in [5, 5.41) is 2.65. The number of rotatable bonds is 0. The molecule has 0 N–H and O–H groups in total. The second-order valence-corrected chi connectivity index (χ2v) is 3.93. The second kappa shape index (κ2) is 2.69. The highest BCUT2D eigenvalue weighted by Crippen LogP contribution is 2.27. The molecule has 1 fully saturated rings. The van der Waals surface area contributed by atoms with E-state index in [0.29, 0.717) is 6.04 Å². The maximum atomic E-state index is 4.74. The highest BCUT2D eigenvalue weighted by molar-refractivity contribution is 5.54. The van der Waals surface area contributed by atoms with Crippen LogP contribution in [0.2, 0.25) is 0 Å². The normalized spacial score (nSPS) is 24.9. The average molecular weight is 171 g/mol. The van der Waals surface area contributed by atoms with E-state index in [2.05, 4.69) is 24.3 Å². The molecule has 0 unspecified atom stereocenters. The van der Waals surface area contributed by atoms with Crippen molar-refractivity contribution >= 4 is 5.57 Å². The van der Waals surface area contributed by atoms with Gasteiger partial charge >= 0.3 is 0 Å². The highest BCUT2D eigenvalue weighted by atomic mass is 14.8. The fourth-order valence-corrected chi connectivity index (χ4v) is 2.48. The first-order chi connectivity index (χ1) is 6.45. The number of fused-ring (bicyclic) bond motifs is 2. The van der Waals surface area contributed by atoms with Crippen LogP contribution in [0.5, 0.6) is 0 Å². The minimum absolute atomic E-state index is 0.533. The van der Waals surface area contributed by atoms with E-state index < -0.39 is 0 Å². The Labute approximate surface area is 77.8 Å². The van der Waals surface area contributed by atoms with Gasteiger partial charge in [-0.1, -0.05) is 24.6 Å². The lowest BCUT2D eigenvalue weighted by Gasteiger charge is -2.18. The van der Waals surface area contributed by atoms with Gasteiger partial charge in [0.15, 0.2) is 0 Å². The zero-order valence-electron chi connectivity index (χ0n) is 7.66. The molecule has 0 saturated heterocycles. The summed E-state index contributed by atoms with van der Waals surface area (Å²) < 4.78 is 0. The Bertz CT molecular complexity index is 444. The SMILES string of the molecule is c1ccc2c(c1)=N[C@@H]1CCCCC=21. The molecule has 0 aromatic heterocycles. The van der Waals surface area contributed by atoms with Gasteiger partial charge in [-0.05, 0) is 30.9 Å². The van der Waals surface area contributed by atoms with Gasteiger partial charge in [-0.2, -0.15) is 0 Å². The summed E-state index contributed by atoms with van der Waals surface area (Å²) in [5.41, 5.74) is 1.60. The van der Waals surface area contributed by atoms with E-state index in [-0.39, 0.29) is 0 Å². The summed E-state index contributed by atoms with van der Waals surface area (Å²) in [5.74, 6) is 0. The third-order valence-electron chi connectivity index (χ3n) is 3.12. The van der Waals surface area contributed by atoms with Crippen molar-refractivity contribution in [2.75, 3.05) is 0 Å². The number of benzene rings is 1. The molecule has 1 aliphatic heterocycles. The summed E-state index contributed by atoms with van der Waals surface area (Å²) in [6, 6.07) is 9.10. The summed E-state index contributed by atoms with van der Waals surface area (Å²) >= 11 is 0. The Balaban J connectivity index is 2.29. The topological polar surface area (TPSA) is 12.4 Å². The highest BCUT2D eigenvalue weighted by Gasteiger charge is 2.21. The average Bonchev–Trinajstić information content (AvgIpc) is 2.56. The smallest absolute Gasteiger partial charge is 0.0726 e. The van der Waals surface area contributed by atoms with Gasteiger partial charge in [-0.25, -0.2) is 0 Å². The Hall–Kier alpha value is -1.11. The monoisotopic (exact) mass is 171 g/mol. The van der Waals surface area contributed by atoms with Crippen LogP contribution < -0.4 is 10.6 Å². The van der Waals surface area contributed by atoms with Crippen molar-refractivity contribution in [3.05, 3.63) is 34.8 Å². The quantitative estimate of drug-likeness (QED) is 0.559. The summed E-state index contributed by atoms with van der Waals surface area (Å²) in [6.45, 7) is 0. The molecule has 1 saturated carbocycles. The molecule has 3 rings (SSSR count). The minimum Gasteiger partial charge on any atom is -0.277 e. The summed E-state index contributed by atoms with van der Waals surface area (Å²) in [7, 11) is 0. The van der Waals surface area contributed by atoms with Crippen molar-refractivity contribution in [3.63, 3.8) is 0 Å². The minimum atomic E-state index is 0.533. The predicted molar refractivity (Wildman–Crippen MR) is 52.9 cm³/mol. The zero-order chi connectivity index (χ0) is 8.67. The van der Waals surface area contributed by atoms with Crippen LogP contribution in [-0.2, 0) is 0 Å². The van der Waals surface area contributed by atoms with Crippen LogP contribution in [0.25, 0.3) is 5.57 Å². The van der Waals surface area contributed by atoms with Crippen molar-refractivity contribution < 1.29 is 0 Å². The summed E-state index contributed by atoms with van der Waals surface area (Å²) in [6.07, 6.45) is 5.25. The van der Waals surface area contributed by atoms with Gasteiger partial charge < -0.3 is 0 Å². The molecule has 1 atom stereocenters. The van der Waals surface area contributed by atoms with Crippen LogP contribution >= 0.6 is 0 Å². The van der Waals surface area contributed by atoms with Crippen LogP contribution in [-0.4, -0.2) is 6.04 Å². The Kier molecular flexibility index (Phi) is 1.51. The second-order valence-electron chi connectivity index (χ2n) is 3.93. The van der Waals surface area contributed by atoms with Crippen molar-refractivity contribution in [2.45, 2.75) is 31.7 Å². The van der Waals surface area contributed by atoms with Gasteiger partial charge in [0.25, 0.3) is 0 Å². The molecule has 1 nitrogen and oxygen atoms in total. The van der Waals surface area contributed by atoms with Gasteiger partial charge in [0.05, 0.1) is 11.4 Å². The molecular weight excluding hydrogens is 158 g/mol. The van der Waals surface area contributed by atoms with E-state index in [4.69, 9.17) is 4.99 Å². The standard InChI is InChI=1S/C12H13N/c1-3-7-11-9(5-1)10-6-2-4-8-12(10)13-11/h1,3,5,7,12H,2,4,6,8H2/t12-/m1/s1. The third-order valence-corrected chi connectivity index (χ3v) is 3.12. The molecule has 1 heteroatoms. The van der Waals surface area contributed by atoms with E-state index in [0.717, 1.165) is 0 Å². The van der Waals surface area contributed by atoms with E-state index in [1.54, 1.807) is 5.57 Å². The molecule has 1 aliphatic carbocycles. The van der Waals surface area contributed by atoms with Crippen LogP contribution in [0.15, 0.2) is 29.3 Å². The lowest BCUT2D eigenvalue weighted by atomic mass is 9.90. The van der Waals surface area contributed by atoms with Crippen LogP contribution in [0.4, 0.5) is 0 Å². The van der Waals surface area contributed by atoms with Crippen LogP contribution in [0.1, 0.15) is 25.7 Å². The van der Waals surface area contributed by atoms with E-state index in [1.165, 1.54) is 36.3 Å². The van der Waals surface area contributed by atoms with E-state index >= 15 is 0 Å². The van der Waals surface area contributed by atoms with E-state index in [1.807, 2.05) is 0 Å². The van der Waals surface area contributed by atoms with Crippen molar-refractivity contribution in [1.29, 1.82) is 0 Å². The van der Waals surface area contributed by atoms with E-state index in [9.17, 15) is 0 Å². The molecule has 13 heavy (non-hydrogen) atoms. The molecule has 1 aromatic carbocycles. The fraction of sp³-hybridized carbons (Fsp3) is 0.417. The largest absolute Gasteiger partial charge is 0.277 e. The molecular formula is C12H13N. The third kappa shape index (κ3) is 1.03. The molecule has 1 heterocycles. The van der Waals surface area contributed by atoms with Gasteiger partial charge in [0.2, 0.25) is 0 Å². The molecule has 66 valence electrons. The lowest BCUT2D eigenvalue weighted by Crippen LogP contribution is -2.22. The van der Waals surface area contributed by atoms with Crippen molar-refractivity contribution in [1.82, 2.24) is 0 Å². The Morgan fingerprint density at radius 3 is 3.08 bits per heavy atom. The number of nitrogens with zero attached hydrogens (tertiary/aromatic N) is 1. The van der Waals surface area contributed by atoms with Gasteiger partial charge in [0.1, 0.15) is 0 Å². The zero-order valence-corrected chi connectivity index (χ0v) is 7.66. The van der Waals surface area contributed by atoms with Crippen molar-refractivity contribution in [3.8, 4) is 0 Å². The Morgan fingerprint density at radius 2 is 2.08 bits per heavy atom. The first kappa shape index (κ1) is 7.31. The fourth-order valence-electron chi connectivity index (χ4n) is 2.48. The Morgan fingerprint density at radius 1 is 1.15 bits per heavy atom. The first-order valence-electron chi connectivity index (χ1n) is 5.11. The maximum Gasteiger partial charge on any atom is 0.0726 e. The molecule has 0 radical (unpaired) electrons. The van der Waals surface area contributed by atoms with Crippen molar-refractivity contribution in [2.24, 2.45) is 4.99 Å². The summed E-state index contributed by atoms with van der Waals surface area (Å²) in [4.78, 5) is 4.74. The lowest BCUT2D eigenvalue weighted by molar-refractivity contribution is 0.587. The van der Waals surface area contributed by atoms with Gasteiger partial charge in [0, 0.05) is 5.22 Å². The molecule has 0 spiro atoms. The number of para-hydroxylation sites is 1.